The minimum absolute atomic E-state index is 0.136. The van der Waals surface area contributed by atoms with Gasteiger partial charge in [0.2, 0.25) is 5.91 Å². The van der Waals surface area contributed by atoms with E-state index in [1.54, 1.807) is 17.9 Å². The number of hydrogen-bond acceptors (Lipinski definition) is 3. The summed E-state index contributed by atoms with van der Waals surface area (Å²) in [5, 5.41) is 3.71. The van der Waals surface area contributed by atoms with Crippen LogP contribution in [0.4, 0.5) is 0 Å². The van der Waals surface area contributed by atoms with E-state index in [0.29, 0.717) is 16.7 Å². The van der Waals surface area contributed by atoms with Gasteiger partial charge in [-0.25, -0.2) is 0 Å². The number of carbonyl (C=O) groups is 2. The molecule has 0 aromatic heterocycles. The number of carbonyl (C=O) groups excluding carboxylic acids is 2. The van der Waals surface area contributed by atoms with Crippen molar-refractivity contribution in [1.29, 1.82) is 0 Å². The van der Waals surface area contributed by atoms with Crippen LogP contribution in [0.2, 0.25) is 5.02 Å². The Labute approximate surface area is 202 Å². The summed E-state index contributed by atoms with van der Waals surface area (Å²) in [7, 11) is 0. The van der Waals surface area contributed by atoms with E-state index in [1.807, 2.05) is 42.5 Å². The molecule has 6 heteroatoms. The first-order valence-corrected chi connectivity index (χ1v) is 12.3. The zero-order valence-corrected chi connectivity index (χ0v) is 20.6. The van der Waals surface area contributed by atoms with Gasteiger partial charge in [0.25, 0.3) is 5.91 Å². The predicted octanol–water partition coefficient (Wildman–Crippen LogP) is 5.71. The third-order valence-corrected chi connectivity index (χ3v) is 6.70. The highest BCUT2D eigenvalue weighted by molar-refractivity contribution is 6.31. The molecular weight excluding hydrogens is 436 g/mol. The number of hydrogen-bond donors (Lipinski definition) is 1. The molecule has 2 aromatic rings. The van der Waals surface area contributed by atoms with Crippen molar-refractivity contribution < 1.29 is 14.3 Å². The Morgan fingerprint density at radius 3 is 2.33 bits per heavy atom. The molecule has 1 aliphatic carbocycles. The first-order valence-electron chi connectivity index (χ1n) is 11.9. The molecule has 2 amide bonds. The maximum atomic E-state index is 13.2. The molecular formula is C27H35ClN2O3. The lowest BCUT2D eigenvalue weighted by Gasteiger charge is -2.31. The minimum Gasteiger partial charge on any atom is -0.484 e. The summed E-state index contributed by atoms with van der Waals surface area (Å²) >= 11 is 6.36. The third kappa shape index (κ3) is 7.23. The summed E-state index contributed by atoms with van der Waals surface area (Å²) in [4.78, 5) is 27.8. The van der Waals surface area contributed by atoms with Crippen LogP contribution in [0.3, 0.4) is 0 Å². The number of halogens is 1. The van der Waals surface area contributed by atoms with E-state index in [4.69, 9.17) is 16.3 Å². The second-order valence-electron chi connectivity index (χ2n) is 9.14. The minimum atomic E-state index is -0.636. The Balaban J connectivity index is 1.70. The topological polar surface area (TPSA) is 58.6 Å². The number of rotatable bonds is 9. The van der Waals surface area contributed by atoms with Crippen LogP contribution in [0.1, 0.15) is 69.9 Å². The Hall–Kier alpha value is -2.53. The molecule has 0 heterocycles. The summed E-state index contributed by atoms with van der Waals surface area (Å²) in [5.41, 5.74) is 2.01. The van der Waals surface area contributed by atoms with Crippen LogP contribution in [0.25, 0.3) is 0 Å². The van der Waals surface area contributed by atoms with Gasteiger partial charge >= 0.3 is 0 Å². The highest BCUT2D eigenvalue weighted by Crippen LogP contribution is 2.22. The Bertz CT molecular complexity index is 923. The maximum absolute atomic E-state index is 13.2. The Kier molecular flexibility index (Phi) is 9.19. The number of amides is 2. The van der Waals surface area contributed by atoms with Crippen LogP contribution in [-0.4, -0.2) is 35.4 Å². The fourth-order valence-electron chi connectivity index (χ4n) is 4.14. The standard InChI is InChI=1S/C27H35ClN2O3/c1-19(2)21-13-15-24(16-14-21)33-18-26(31)30(17-22-9-7-8-12-25(22)28)20(3)27(32)29-23-10-5-4-6-11-23/h7-9,12-16,19-20,23H,4-6,10-11,17-18H2,1-3H3,(H,29,32). The summed E-state index contributed by atoms with van der Waals surface area (Å²) in [5.74, 6) is 0.665. The van der Waals surface area contributed by atoms with Crippen molar-refractivity contribution in [1.82, 2.24) is 10.2 Å². The smallest absolute Gasteiger partial charge is 0.261 e. The number of nitrogens with zero attached hydrogens (tertiary/aromatic N) is 1. The first kappa shape index (κ1) is 25.1. The first-order chi connectivity index (χ1) is 15.8. The van der Waals surface area contributed by atoms with Gasteiger partial charge in [-0.05, 0) is 55.0 Å². The predicted molar refractivity (Wildman–Crippen MR) is 133 cm³/mol. The van der Waals surface area contributed by atoms with Gasteiger partial charge in [-0.1, -0.05) is 75.0 Å². The van der Waals surface area contributed by atoms with Crippen LogP contribution in [0, 0.1) is 0 Å². The summed E-state index contributed by atoms with van der Waals surface area (Å²) in [6.45, 7) is 6.13. The molecule has 1 unspecified atom stereocenters. The van der Waals surface area contributed by atoms with Gasteiger partial charge < -0.3 is 15.0 Å². The fraction of sp³-hybridized carbons (Fsp3) is 0.481. The van der Waals surface area contributed by atoms with Crippen LogP contribution in [-0.2, 0) is 16.1 Å². The average molecular weight is 471 g/mol. The van der Waals surface area contributed by atoms with Crippen molar-refractivity contribution in [2.24, 2.45) is 0 Å². The average Bonchev–Trinajstić information content (AvgIpc) is 2.82. The van der Waals surface area contributed by atoms with E-state index >= 15 is 0 Å². The van der Waals surface area contributed by atoms with E-state index in [0.717, 1.165) is 31.2 Å². The Morgan fingerprint density at radius 1 is 1.03 bits per heavy atom. The molecule has 3 rings (SSSR count). The molecule has 0 spiro atoms. The maximum Gasteiger partial charge on any atom is 0.261 e. The lowest BCUT2D eigenvalue weighted by Crippen LogP contribution is -2.51. The molecule has 0 aliphatic heterocycles. The van der Waals surface area contributed by atoms with E-state index in [2.05, 4.69) is 19.2 Å². The van der Waals surface area contributed by atoms with Gasteiger partial charge in [0.1, 0.15) is 11.8 Å². The molecule has 0 bridgehead atoms. The van der Waals surface area contributed by atoms with Crippen molar-refractivity contribution in [3.05, 3.63) is 64.7 Å². The zero-order valence-electron chi connectivity index (χ0n) is 19.9. The molecule has 5 nitrogen and oxygen atoms in total. The molecule has 0 radical (unpaired) electrons. The molecule has 1 fully saturated rings. The van der Waals surface area contributed by atoms with Gasteiger partial charge in [-0.3, -0.25) is 9.59 Å². The van der Waals surface area contributed by atoms with Crippen molar-refractivity contribution in [2.45, 2.75) is 77.4 Å². The molecule has 1 atom stereocenters. The quantitative estimate of drug-likeness (QED) is 0.510. The number of benzene rings is 2. The zero-order chi connectivity index (χ0) is 23.8. The molecule has 2 aromatic carbocycles. The van der Waals surface area contributed by atoms with Gasteiger partial charge in [0.05, 0.1) is 0 Å². The lowest BCUT2D eigenvalue weighted by atomic mass is 9.95. The van der Waals surface area contributed by atoms with Gasteiger partial charge in [0, 0.05) is 17.6 Å². The largest absolute Gasteiger partial charge is 0.484 e. The number of ether oxygens (including phenoxy) is 1. The molecule has 1 aliphatic rings. The highest BCUT2D eigenvalue weighted by atomic mass is 35.5. The van der Waals surface area contributed by atoms with E-state index < -0.39 is 6.04 Å². The SMILES string of the molecule is CC(C)c1ccc(OCC(=O)N(Cc2ccccc2Cl)C(C)C(=O)NC2CCCCC2)cc1. The molecule has 1 N–H and O–H groups in total. The van der Waals surface area contributed by atoms with Crippen molar-refractivity contribution >= 4 is 23.4 Å². The van der Waals surface area contributed by atoms with Crippen molar-refractivity contribution in [2.75, 3.05) is 6.61 Å². The van der Waals surface area contributed by atoms with Gasteiger partial charge in [-0.2, -0.15) is 0 Å². The molecule has 178 valence electrons. The van der Waals surface area contributed by atoms with Crippen LogP contribution in [0.15, 0.2) is 48.5 Å². The fourth-order valence-corrected chi connectivity index (χ4v) is 4.33. The summed E-state index contributed by atoms with van der Waals surface area (Å²) in [6.07, 6.45) is 5.46. The van der Waals surface area contributed by atoms with Crippen LogP contribution >= 0.6 is 11.6 Å². The van der Waals surface area contributed by atoms with Crippen LogP contribution < -0.4 is 10.1 Å². The normalized spacial score (nSPS) is 15.2. The second kappa shape index (κ2) is 12.1. The Morgan fingerprint density at radius 2 is 1.70 bits per heavy atom. The summed E-state index contributed by atoms with van der Waals surface area (Å²) < 4.78 is 5.78. The molecule has 1 saturated carbocycles. The van der Waals surface area contributed by atoms with E-state index in [9.17, 15) is 9.59 Å². The van der Waals surface area contributed by atoms with Crippen LogP contribution in [0.5, 0.6) is 5.75 Å². The lowest BCUT2D eigenvalue weighted by molar-refractivity contribution is -0.142. The van der Waals surface area contributed by atoms with Gasteiger partial charge in [-0.15, -0.1) is 0 Å². The molecule has 33 heavy (non-hydrogen) atoms. The van der Waals surface area contributed by atoms with Crippen molar-refractivity contribution in [3.63, 3.8) is 0 Å². The van der Waals surface area contributed by atoms with E-state index in [-0.39, 0.29) is 31.0 Å². The highest BCUT2D eigenvalue weighted by Gasteiger charge is 2.28. The van der Waals surface area contributed by atoms with E-state index in [1.165, 1.54) is 12.0 Å². The summed E-state index contributed by atoms with van der Waals surface area (Å²) in [6, 6.07) is 14.7. The van der Waals surface area contributed by atoms with Gasteiger partial charge in [0.15, 0.2) is 6.61 Å². The second-order valence-corrected chi connectivity index (χ2v) is 9.55. The number of nitrogens with one attached hydrogen (secondary N) is 1. The third-order valence-electron chi connectivity index (χ3n) is 6.33. The van der Waals surface area contributed by atoms with Crippen molar-refractivity contribution in [3.8, 4) is 5.75 Å². The molecule has 0 saturated heterocycles. The monoisotopic (exact) mass is 470 g/mol.